The maximum atomic E-state index is 14.5. The summed E-state index contributed by atoms with van der Waals surface area (Å²) in [5.74, 6) is -7.87. The summed E-state index contributed by atoms with van der Waals surface area (Å²) < 4.78 is 0. The maximum Gasteiger partial charge on any atom is 0.243 e. The zero-order valence-electron chi connectivity index (χ0n) is 45.6. The third-order valence-electron chi connectivity index (χ3n) is 12.0. The fraction of sp³-hybridized carbons (Fsp3) is 0.592. The van der Waals surface area contributed by atoms with Crippen LogP contribution in [0.4, 0.5) is 0 Å². The Bertz CT molecular complexity index is 2320. The number of imidazole rings is 1. The molecular weight excluding hydrogens is 1030 g/mol. The molecule has 79 heavy (non-hydrogen) atoms. The summed E-state index contributed by atoms with van der Waals surface area (Å²) in [5.41, 5.74) is 22.8. The van der Waals surface area contributed by atoms with Gasteiger partial charge in [-0.15, -0.1) is 0 Å². The van der Waals surface area contributed by atoms with Crippen molar-refractivity contribution in [3.8, 4) is 5.75 Å². The number of H-pyrrole nitrogens is 1. The molecule has 0 bridgehead atoms. The van der Waals surface area contributed by atoms with Crippen LogP contribution in [0.5, 0.6) is 5.75 Å². The van der Waals surface area contributed by atoms with Crippen LogP contribution in [0.2, 0.25) is 0 Å². The topological polar surface area (TPSA) is 514 Å². The Morgan fingerprint density at radius 3 is 1.23 bits per heavy atom. The van der Waals surface area contributed by atoms with Crippen molar-refractivity contribution in [3.63, 3.8) is 0 Å². The summed E-state index contributed by atoms with van der Waals surface area (Å²) in [6, 6.07) is -4.06. The average Bonchev–Trinajstić information content (AvgIpc) is 3.90. The predicted molar refractivity (Wildman–Crippen MR) is 293 cm³/mol. The first-order valence-corrected chi connectivity index (χ1v) is 26.0. The van der Waals surface area contributed by atoms with Crippen molar-refractivity contribution in [1.29, 1.82) is 16.2 Å². The lowest BCUT2D eigenvalue weighted by molar-refractivity contribution is -0.136. The highest BCUT2D eigenvalue weighted by Crippen LogP contribution is 2.14. The number of aliphatic hydroxyl groups is 1. The van der Waals surface area contributed by atoms with Gasteiger partial charge in [-0.05, 0) is 94.4 Å². The smallest absolute Gasteiger partial charge is 0.243 e. The zero-order chi connectivity index (χ0) is 59.2. The normalized spacial score (nSPS) is 14.1. The van der Waals surface area contributed by atoms with E-state index in [2.05, 4.69) is 68.5 Å². The number of phenolic OH excluding ortho intramolecular Hbond substituents is 1. The molecule has 1 aromatic carbocycles. The second kappa shape index (κ2) is 35.2. The standard InChI is InChI=1S/C49H84N20O10/c1-26(2)19-35(44(77)67-36(20-27(3)4)45(78)69-38(24-70)39(50)72)66-41(74)32(10-7-17-60-48(53)54)63-40(73)31(9-6-16-59-47(51)52)65-46(79)37(22-29-23-58-25-62-29)68-42(75)33(11-8-18-61-49(55)56)64-43(76)34(57-5)21-28-12-14-30(71)15-13-28/h12-15,23,25-27,31-38,57,70-71H,6-11,16-22,24H2,1-5H3,(H2,50,72)(H,58,62)(H,63,73)(H,64,76)(H,65,79)(H,66,74)(H,67,77)(H,68,75)(H,69,78)(H4,51,52,59)(H4,53,54,60)(H4,55,56,61)/t31-,32-,33-,34-,35-,36-,37-,38-/m0/s1. The van der Waals surface area contributed by atoms with Crippen LogP contribution in [0.3, 0.4) is 0 Å². The SMILES string of the molecule is CN[C@@H](Cc1ccc(O)cc1)C(=O)N[C@@H](CCCNC(=N)N)C(=O)N[C@@H](Cc1c[nH]cn1)C(=O)N[C@@H](CCCNC(=N)N)C(=O)N[C@@H](CCCNC(=N)N)C(=O)N[C@@H](CC(C)C)C(=O)N[C@@H](CC(C)C)C(=O)N[C@@H](CO)C(N)=O. The van der Waals surface area contributed by atoms with E-state index in [0.29, 0.717) is 11.3 Å². The molecule has 8 atom stereocenters. The third kappa shape index (κ3) is 26.6. The highest BCUT2D eigenvalue weighted by Gasteiger charge is 2.35. The van der Waals surface area contributed by atoms with Crippen LogP contribution in [-0.2, 0) is 51.2 Å². The molecule has 25 N–H and O–H groups in total. The Morgan fingerprint density at radius 1 is 0.532 bits per heavy atom. The number of hydrogen-bond acceptors (Lipinski definition) is 15. The summed E-state index contributed by atoms with van der Waals surface area (Å²) in [6.07, 6.45) is 3.28. The third-order valence-corrected chi connectivity index (χ3v) is 12.0. The number of aliphatic hydroxyl groups excluding tert-OH is 1. The molecule has 0 fully saturated rings. The van der Waals surface area contributed by atoms with E-state index in [-0.39, 0.29) is 119 Å². The van der Waals surface area contributed by atoms with Gasteiger partial charge in [0.25, 0.3) is 0 Å². The van der Waals surface area contributed by atoms with Crippen molar-refractivity contribution in [2.75, 3.05) is 33.3 Å². The monoisotopic (exact) mass is 1110 g/mol. The highest BCUT2D eigenvalue weighted by atomic mass is 16.3. The van der Waals surface area contributed by atoms with Gasteiger partial charge in [0.15, 0.2) is 17.9 Å². The van der Waals surface area contributed by atoms with Crippen LogP contribution in [0, 0.1) is 28.1 Å². The van der Waals surface area contributed by atoms with Gasteiger partial charge in [0, 0.05) is 32.3 Å². The van der Waals surface area contributed by atoms with E-state index in [1.807, 2.05) is 0 Å². The van der Waals surface area contributed by atoms with Gasteiger partial charge in [0.1, 0.15) is 48.0 Å². The predicted octanol–water partition coefficient (Wildman–Crippen LogP) is -4.76. The van der Waals surface area contributed by atoms with Gasteiger partial charge in [0.05, 0.1) is 24.7 Å². The van der Waals surface area contributed by atoms with Crippen LogP contribution < -0.4 is 81.4 Å². The number of likely N-dealkylation sites (N-methyl/N-ethyl adjacent to an activating group) is 1. The van der Waals surface area contributed by atoms with Gasteiger partial charge < -0.3 is 96.6 Å². The number of primary amides is 1. The van der Waals surface area contributed by atoms with Gasteiger partial charge in [-0.2, -0.15) is 0 Å². The second-order valence-corrected chi connectivity index (χ2v) is 19.7. The quantitative estimate of drug-likeness (QED) is 0.0172. The zero-order valence-corrected chi connectivity index (χ0v) is 45.6. The summed E-state index contributed by atoms with van der Waals surface area (Å²) >= 11 is 0. The number of nitrogens with zero attached hydrogens (tertiary/aromatic N) is 1. The number of aromatic nitrogens is 2. The van der Waals surface area contributed by atoms with E-state index < -0.39 is 102 Å². The molecule has 0 unspecified atom stereocenters. The number of carbonyl (C=O) groups is 8. The van der Waals surface area contributed by atoms with Crippen molar-refractivity contribution in [1.82, 2.24) is 68.5 Å². The van der Waals surface area contributed by atoms with E-state index in [1.165, 1.54) is 24.7 Å². The van der Waals surface area contributed by atoms with E-state index in [1.54, 1.807) is 46.9 Å². The lowest BCUT2D eigenvalue weighted by atomic mass is 9.99. The highest BCUT2D eigenvalue weighted by molar-refractivity contribution is 5.98. The Kier molecular flexibility index (Phi) is 29.8. The lowest BCUT2D eigenvalue weighted by Gasteiger charge is -2.29. The molecule has 0 saturated carbocycles. The van der Waals surface area contributed by atoms with E-state index in [4.69, 9.17) is 39.2 Å². The number of aromatic hydroxyl groups is 1. The number of carbonyl (C=O) groups excluding carboxylic acids is 8. The molecule has 1 heterocycles. The first-order chi connectivity index (χ1) is 37.3. The van der Waals surface area contributed by atoms with Gasteiger partial charge in [-0.3, -0.25) is 54.6 Å². The minimum absolute atomic E-state index is 0.0133. The first-order valence-electron chi connectivity index (χ1n) is 26.0. The molecule has 440 valence electrons. The molecule has 30 heteroatoms. The average molecular weight is 1110 g/mol. The van der Waals surface area contributed by atoms with Crippen molar-refractivity contribution < 1.29 is 48.6 Å². The molecule has 0 radical (unpaired) electrons. The Labute approximate surface area is 459 Å². The molecule has 0 saturated heterocycles. The van der Waals surface area contributed by atoms with Crippen molar-refractivity contribution in [3.05, 3.63) is 48.0 Å². The fourth-order valence-corrected chi connectivity index (χ4v) is 7.93. The lowest BCUT2D eigenvalue weighted by Crippen LogP contribution is -2.60. The number of nitrogens with two attached hydrogens (primary N) is 4. The Morgan fingerprint density at radius 2 is 0.886 bits per heavy atom. The molecule has 0 spiro atoms. The van der Waals surface area contributed by atoms with Crippen molar-refractivity contribution >= 4 is 65.1 Å². The van der Waals surface area contributed by atoms with Crippen LogP contribution in [-0.4, -0.2) is 167 Å². The molecule has 0 aliphatic rings. The number of amides is 8. The van der Waals surface area contributed by atoms with Crippen LogP contribution >= 0.6 is 0 Å². The summed E-state index contributed by atoms with van der Waals surface area (Å²) in [5, 5.41) is 71.5. The minimum atomic E-state index is -1.44. The fourth-order valence-electron chi connectivity index (χ4n) is 7.93. The number of hydrogen-bond donors (Lipinski definition) is 21. The van der Waals surface area contributed by atoms with Crippen LogP contribution in [0.15, 0.2) is 36.8 Å². The number of nitrogens with one attached hydrogen (secondary N) is 15. The van der Waals surface area contributed by atoms with E-state index >= 15 is 0 Å². The van der Waals surface area contributed by atoms with Crippen LogP contribution in [0.1, 0.15) is 90.3 Å². The molecule has 0 aliphatic heterocycles. The van der Waals surface area contributed by atoms with Gasteiger partial charge >= 0.3 is 0 Å². The van der Waals surface area contributed by atoms with Crippen LogP contribution in [0.25, 0.3) is 0 Å². The Balaban J connectivity index is 2.55. The van der Waals surface area contributed by atoms with Crippen molar-refractivity contribution in [2.45, 2.75) is 140 Å². The van der Waals surface area contributed by atoms with Crippen molar-refractivity contribution in [2.24, 2.45) is 34.8 Å². The Hall–Kier alpha value is -8.28. The number of rotatable bonds is 37. The number of phenols is 1. The second-order valence-electron chi connectivity index (χ2n) is 19.7. The largest absolute Gasteiger partial charge is 0.508 e. The van der Waals surface area contributed by atoms with Gasteiger partial charge in [0.2, 0.25) is 47.3 Å². The number of benzene rings is 1. The summed E-state index contributed by atoms with van der Waals surface area (Å²) in [6.45, 7) is 6.69. The van der Waals surface area contributed by atoms with E-state index in [9.17, 15) is 48.6 Å². The van der Waals surface area contributed by atoms with Gasteiger partial charge in [-0.25, -0.2) is 4.98 Å². The molecule has 30 nitrogen and oxygen atoms in total. The summed E-state index contributed by atoms with van der Waals surface area (Å²) in [7, 11) is 1.56. The maximum absolute atomic E-state index is 14.5. The van der Waals surface area contributed by atoms with Gasteiger partial charge in [-0.1, -0.05) is 39.8 Å². The molecular formula is C49H84N20O10. The number of aromatic amines is 1. The molecule has 1 aromatic heterocycles. The number of guanidine groups is 3. The first kappa shape index (κ1) is 66.8. The molecule has 8 amide bonds. The molecule has 0 aliphatic carbocycles. The minimum Gasteiger partial charge on any atom is -0.508 e. The molecule has 2 aromatic rings. The summed E-state index contributed by atoms with van der Waals surface area (Å²) in [4.78, 5) is 118. The van der Waals surface area contributed by atoms with E-state index in [0.717, 1.165) is 0 Å². The molecule has 2 rings (SSSR count).